The lowest BCUT2D eigenvalue weighted by Crippen LogP contribution is -2.01. The molecule has 0 aliphatic carbocycles. The van der Waals surface area contributed by atoms with Gasteiger partial charge in [0.05, 0.1) is 5.71 Å². The van der Waals surface area contributed by atoms with Gasteiger partial charge in [0.15, 0.2) is 11.6 Å². The number of oxime groups is 1. The molecule has 2 rings (SSSR count). The number of hydrogen-bond donors (Lipinski definition) is 1. The number of rotatable bonds is 4. The monoisotopic (exact) mass is 277 g/mol. The summed E-state index contributed by atoms with van der Waals surface area (Å²) >= 11 is 0. The topological polar surface area (TPSA) is 41.8 Å². The molecule has 2 aromatic rings. The van der Waals surface area contributed by atoms with Gasteiger partial charge in [-0.05, 0) is 42.8 Å². The summed E-state index contributed by atoms with van der Waals surface area (Å²) in [5.41, 5.74) is 1.38. The van der Waals surface area contributed by atoms with Gasteiger partial charge >= 0.3 is 0 Å². The van der Waals surface area contributed by atoms with Crippen molar-refractivity contribution in [3.05, 3.63) is 65.2 Å². The first-order chi connectivity index (χ1) is 9.61. The molecule has 5 heteroatoms. The van der Waals surface area contributed by atoms with Gasteiger partial charge in [-0.2, -0.15) is 0 Å². The molecule has 2 aromatic carbocycles. The van der Waals surface area contributed by atoms with Crippen molar-refractivity contribution in [1.29, 1.82) is 0 Å². The summed E-state index contributed by atoms with van der Waals surface area (Å²) in [7, 11) is 0. The van der Waals surface area contributed by atoms with Gasteiger partial charge in [0, 0.05) is 5.56 Å². The van der Waals surface area contributed by atoms with E-state index in [-0.39, 0.29) is 12.2 Å². The van der Waals surface area contributed by atoms with E-state index in [1.807, 2.05) is 0 Å². The van der Waals surface area contributed by atoms with Crippen molar-refractivity contribution in [2.75, 3.05) is 0 Å². The summed E-state index contributed by atoms with van der Waals surface area (Å²) in [5.74, 6) is -1.27. The van der Waals surface area contributed by atoms with Gasteiger partial charge in [-0.25, -0.2) is 8.78 Å². The van der Waals surface area contributed by atoms with E-state index < -0.39 is 11.6 Å². The Labute approximate surface area is 115 Å². The highest BCUT2D eigenvalue weighted by molar-refractivity contribution is 5.98. The quantitative estimate of drug-likeness (QED) is 0.525. The van der Waals surface area contributed by atoms with E-state index >= 15 is 0 Å². The summed E-state index contributed by atoms with van der Waals surface area (Å²) in [6.07, 6.45) is 0. The highest BCUT2D eigenvalue weighted by Crippen LogP contribution is 2.17. The molecule has 0 aromatic heterocycles. The highest BCUT2D eigenvalue weighted by Gasteiger charge is 2.08. The number of benzene rings is 2. The van der Waals surface area contributed by atoms with E-state index in [4.69, 9.17) is 9.94 Å². The first-order valence-corrected chi connectivity index (χ1v) is 5.96. The number of nitrogens with zero attached hydrogens (tertiary/aromatic N) is 1. The van der Waals surface area contributed by atoms with Crippen LogP contribution in [0.25, 0.3) is 0 Å². The summed E-state index contributed by atoms with van der Waals surface area (Å²) < 4.78 is 31.8. The molecule has 0 unspecified atom stereocenters. The van der Waals surface area contributed by atoms with Crippen molar-refractivity contribution in [3.8, 4) is 5.75 Å². The van der Waals surface area contributed by atoms with E-state index in [0.717, 1.165) is 11.6 Å². The molecule has 0 aliphatic rings. The fourth-order valence-electron chi connectivity index (χ4n) is 1.67. The van der Waals surface area contributed by atoms with Crippen LogP contribution in [0.3, 0.4) is 0 Å². The van der Waals surface area contributed by atoms with Crippen LogP contribution in [0.4, 0.5) is 8.78 Å². The summed E-state index contributed by atoms with van der Waals surface area (Å²) in [4.78, 5) is 0. The Hall–Kier alpha value is -2.43. The molecule has 3 nitrogen and oxygen atoms in total. The van der Waals surface area contributed by atoms with Gasteiger partial charge in [0.1, 0.15) is 12.4 Å². The van der Waals surface area contributed by atoms with Crippen molar-refractivity contribution in [3.63, 3.8) is 0 Å². The minimum atomic E-state index is -0.896. The van der Waals surface area contributed by atoms with Gasteiger partial charge in [-0.15, -0.1) is 0 Å². The lowest BCUT2D eigenvalue weighted by molar-refractivity contribution is 0.297. The van der Waals surface area contributed by atoms with E-state index in [1.54, 1.807) is 31.2 Å². The van der Waals surface area contributed by atoms with E-state index in [1.165, 1.54) is 12.1 Å². The van der Waals surface area contributed by atoms with Gasteiger partial charge < -0.3 is 9.94 Å². The summed E-state index contributed by atoms with van der Waals surface area (Å²) in [6.45, 7) is 1.61. The second-order valence-electron chi connectivity index (χ2n) is 4.21. The zero-order valence-corrected chi connectivity index (χ0v) is 10.8. The molecule has 20 heavy (non-hydrogen) atoms. The molecule has 0 heterocycles. The first-order valence-electron chi connectivity index (χ1n) is 5.96. The fraction of sp³-hybridized carbons (Fsp3) is 0.133. The van der Waals surface area contributed by atoms with Crippen LogP contribution in [-0.4, -0.2) is 10.9 Å². The molecule has 0 amide bonds. The number of ether oxygens (including phenoxy) is 1. The maximum Gasteiger partial charge on any atom is 0.165 e. The molecule has 0 spiro atoms. The van der Waals surface area contributed by atoms with Gasteiger partial charge in [0.25, 0.3) is 0 Å². The second kappa shape index (κ2) is 6.14. The number of halogens is 2. The Morgan fingerprint density at radius 3 is 2.50 bits per heavy atom. The van der Waals surface area contributed by atoms with Crippen molar-refractivity contribution >= 4 is 5.71 Å². The Morgan fingerprint density at radius 1 is 1.15 bits per heavy atom. The third kappa shape index (κ3) is 3.12. The minimum absolute atomic E-state index is 0.0595. The van der Waals surface area contributed by atoms with Crippen LogP contribution in [0, 0.1) is 11.6 Å². The van der Waals surface area contributed by atoms with E-state index in [9.17, 15) is 8.78 Å². The molecule has 0 radical (unpaired) electrons. The predicted molar refractivity (Wildman–Crippen MR) is 71.1 cm³/mol. The number of hydrogen-bond acceptors (Lipinski definition) is 3. The molecule has 0 atom stereocenters. The Balaban J connectivity index is 2.06. The van der Waals surface area contributed by atoms with Crippen LogP contribution in [0.5, 0.6) is 5.75 Å². The van der Waals surface area contributed by atoms with Crippen LogP contribution >= 0.6 is 0 Å². The molecule has 0 aliphatic heterocycles. The summed E-state index contributed by atoms with van der Waals surface area (Å²) in [6, 6.07) is 10.7. The largest absolute Gasteiger partial charge is 0.489 e. The van der Waals surface area contributed by atoms with E-state index in [2.05, 4.69) is 5.16 Å². The third-order valence-electron chi connectivity index (χ3n) is 2.85. The van der Waals surface area contributed by atoms with Crippen LogP contribution in [0.2, 0.25) is 0 Å². The normalized spacial score (nSPS) is 11.4. The van der Waals surface area contributed by atoms with Gasteiger partial charge in [-0.3, -0.25) is 0 Å². The molecule has 0 saturated heterocycles. The van der Waals surface area contributed by atoms with Crippen LogP contribution in [0.15, 0.2) is 47.6 Å². The zero-order valence-electron chi connectivity index (χ0n) is 10.8. The molecule has 1 N–H and O–H groups in total. The molecular weight excluding hydrogens is 264 g/mol. The van der Waals surface area contributed by atoms with E-state index in [0.29, 0.717) is 11.5 Å². The zero-order chi connectivity index (χ0) is 14.5. The third-order valence-corrected chi connectivity index (χ3v) is 2.85. The molecular formula is C15H13F2NO2. The molecule has 0 bridgehead atoms. The minimum Gasteiger partial charge on any atom is -0.489 e. The molecule has 0 saturated carbocycles. The molecule has 104 valence electrons. The van der Waals surface area contributed by atoms with Crippen LogP contribution in [-0.2, 0) is 6.61 Å². The summed E-state index contributed by atoms with van der Waals surface area (Å²) in [5, 5.41) is 11.7. The average Bonchev–Trinajstić information content (AvgIpc) is 2.48. The fourth-order valence-corrected chi connectivity index (χ4v) is 1.67. The SMILES string of the molecule is C/C(=N\O)c1ccc(OCc2cccc(F)c2F)cc1. The van der Waals surface area contributed by atoms with Crippen molar-refractivity contribution in [1.82, 2.24) is 0 Å². The maximum absolute atomic E-state index is 13.4. The second-order valence-corrected chi connectivity index (χ2v) is 4.21. The Kier molecular flexibility index (Phi) is 4.30. The first kappa shape index (κ1) is 14.0. The van der Waals surface area contributed by atoms with Crippen LogP contribution in [0.1, 0.15) is 18.1 Å². The average molecular weight is 277 g/mol. The van der Waals surface area contributed by atoms with Crippen molar-refractivity contribution in [2.45, 2.75) is 13.5 Å². The van der Waals surface area contributed by atoms with Gasteiger partial charge in [0.2, 0.25) is 0 Å². The maximum atomic E-state index is 13.4. The lowest BCUT2D eigenvalue weighted by Gasteiger charge is -2.08. The van der Waals surface area contributed by atoms with Crippen molar-refractivity contribution in [2.24, 2.45) is 5.16 Å². The smallest absolute Gasteiger partial charge is 0.165 e. The Bertz CT molecular complexity index is 624. The lowest BCUT2D eigenvalue weighted by atomic mass is 10.1. The van der Waals surface area contributed by atoms with Crippen molar-refractivity contribution < 1.29 is 18.7 Å². The van der Waals surface area contributed by atoms with Gasteiger partial charge in [-0.1, -0.05) is 17.3 Å². The predicted octanol–water partition coefficient (Wildman–Crippen LogP) is 3.74. The highest BCUT2D eigenvalue weighted by atomic mass is 19.2. The standard InChI is InChI=1S/C15H13F2NO2/c1-10(18-19)11-5-7-13(8-6-11)20-9-12-3-2-4-14(16)15(12)17/h2-8,19H,9H2,1H3/b18-10+. The molecule has 0 fully saturated rings. The van der Waals surface area contributed by atoms with Crippen LogP contribution < -0.4 is 4.74 Å². The Morgan fingerprint density at radius 2 is 1.85 bits per heavy atom.